The number of ether oxygens (including phenoxy) is 1. The summed E-state index contributed by atoms with van der Waals surface area (Å²) in [4.78, 5) is 2.40. The van der Waals surface area contributed by atoms with Crippen LogP contribution in [0.25, 0.3) is 0 Å². The largest absolute Gasteiger partial charge is 0.374 e. The highest BCUT2D eigenvalue weighted by atomic mass is 16.5. The highest BCUT2D eigenvalue weighted by Crippen LogP contribution is 2.22. The first kappa shape index (κ1) is 13.5. The Bertz CT molecular complexity index is 366. The fourth-order valence-corrected chi connectivity index (χ4v) is 2.41. The number of nitrogens with two attached hydrogens (primary N) is 1. The summed E-state index contributed by atoms with van der Waals surface area (Å²) in [7, 11) is 0. The molecule has 1 aromatic rings. The van der Waals surface area contributed by atoms with E-state index in [0.717, 1.165) is 26.2 Å². The molecule has 0 amide bonds. The lowest BCUT2D eigenvalue weighted by Crippen LogP contribution is -2.49. The molecule has 0 bridgehead atoms. The predicted molar refractivity (Wildman–Crippen MR) is 73.1 cm³/mol. The number of hydrazine groups is 1. The van der Waals surface area contributed by atoms with Crippen molar-refractivity contribution in [3.05, 3.63) is 35.4 Å². The fourth-order valence-electron chi connectivity index (χ4n) is 2.41. The minimum absolute atomic E-state index is 0.0555. The van der Waals surface area contributed by atoms with Gasteiger partial charge in [0.15, 0.2) is 0 Å². The molecule has 0 aromatic heterocycles. The average Bonchev–Trinajstić information content (AvgIpc) is 2.42. The van der Waals surface area contributed by atoms with Crippen LogP contribution in [0.15, 0.2) is 24.3 Å². The van der Waals surface area contributed by atoms with E-state index in [1.54, 1.807) is 0 Å². The molecule has 0 aliphatic carbocycles. The van der Waals surface area contributed by atoms with Crippen LogP contribution in [-0.2, 0) is 4.74 Å². The number of nitrogens with zero attached hydrogens (tertiary/aromatic N) is 1. The Hall–Kier alpha value is -0.940. The lowest BCUT2D eigenvalue weighted by atomic mass is 9.99. The third-order valence-corrected chi connectivity index (χ3v) is 3.61. The zero-order valence-electron chi connectivity index (χ0n) is 11.2. The number of nitrogens with one attached hydrogen (secondary N) is 1. The standard InChI is InChI=1S/C14H23N3O/c1-3-17-8-9-18-13(10-17)14(16-15)12-6-4-11(2)5-7-12/h4-7,13-14,16H,3,8-10,15H2,1-2H3. The van der Waals surface area contributed by atoms with E-state index in [1.807, 2.05) is 0 Å². The van der Waals surface area contributed by atoms with Gasteiger partial charge in [-0.1, -0.05) is 36.8 Å². The average molecular weight is 249 g/mol. The van der Waals surface area contributed by atoms with Crippen LogP contribution in [0.5, 0.6) is 0 Å². The summed E-state index contributed by atoms with van der Waals surface area (Å²) in [6.45, 7) is 8.05. The number of rotatable bonds is 4. The van der Waals surface area contributed by atoms with Crippen LogP contribution in [-0.4, -0.2) is 37.2 Å². The van der Waals surface area contributed by atoms with Crippen LogP contribution >= 0.6 is 0 Å². The fraction of sp³-hybridized carbons (Fsp3) is 0.571. The van der Waals surface area contributed by atoms with Crippen LogP contribution in [0.1, 0.15) is 24.1 Å². The van der Waals surface area contributed by atoms with Crippen molar-refractivity contribution in [1.82, 2.24) is 10.3 Å². The molecule has 4 nitrogen and oxygen atoms in total. The van der Waals surface area contributed by atoms with E-state index in [-0.39, 0.29) is 12.1 Å². The molecule has 0 spiro atoms. The van der Waals surface area contributed by atoms with E-state index < -0.39 is 0 Å². The second-order valence-electron chi connectivity index (χ2n) is 4.86. The topological polar surface area (TPSA) is 50.5 Å². The maximum atomic E-state index is 5.86. The highest BCUT2D eigenvalue weighted by molar-refractivity contribution is 5.25. The molecule has 4 heteroatoms. The molecule has 2 atom stereocenters. The molecule has 1 saturated heterocycles. The minimum Gasteiger partial charge on any atom is -0.374 e. The van der Waals surface area contributed by atoms with Gasteiger partial charge in [-0.2, -0.15) is 0 Å². The molecule has 1 aromatic carbocycles. The summed E-state index contributed by atoms with van der Waals surface area (Å²) in [6, 6.07) is 8.52. The van der Waals surface area contributed by atoms with E-state index >= 15 is 0 Å². The van der Waals surface area contributed by atoms with Crippen molar-refractivity contribution in [1.29, 1.82) is 0 Å². The van der Waals surface area contributed by atoms with Gasteiger partial charge >= 0.3 is 0 Å². The van der Waals surface area contributed by atoms with Gasteiger partial charge in [0.25, 0.3) is 0 Å². The van der Waals surface area contributed by atoms with Crippen LogP contribution in [0.4, 0.5) is 0 Å². The molecule has 18 heavy (non-hydrogen) atoms. The Labute approximate surface area is 109 Å². The molecular formula is C14H23N3O. The zero-order valence-corrected chi connectivity index (χ0v) is 11.2. The normalized spacial score (nSPS) is 22.9. The van der Waals surface area contributed by atoms with Crippen LogP contribution in [0.3, 0.4) is 0 Å². The number of likely N-dealkylation sites (N-methyl/N-ethyl adjacent to an activating group) is 1. The van der Waals surface area contributed by atoms with Crippen molar-refractivity contribution in [3.8, 4) is 0 Å². The summed E-state index contributed by atoms with van der Waals surface area (Å²) in [5.74, 6) is 5.71. The first-order valence-corrected chi connectivity index (χ1v) is 6.61. The van der Waals surface area contributed by atoms with E-state index in [0.29, 0.717) is 0 Å². The number of hydrogen-bond acceptors (Lipinski definition) is 4. The molecule has 2 rings (SSSR count). The van der Waals surface area contributed by atoms with E-state index in [1.165, 1.54) is 11.1 Å². The van der Waals surface area contributed by atoms with Gasteiger partial charge in [0.05, 0.1) is 18.8 Å². The first-order chi connectivity index (χ1) is 8.74. The SMILES string of the molecule is CCN1CCOC(C(NN)c2ccc(C)cc2)C1. The number of aryl methyl sites for hydroxylation is 1. The van der Waals surface area contributed by atoms with Crippen molar-refractivity contribution < 1.29 is 4.74 Å². The third-order valence-electron chi connectivity index (χ3n) is 3.61. The molecule has 0 radical (unpaired) electrons. The Morgan fingerprint density at radius 1 is 1.44 bits per heavy atom. The van der Waals surface area contributed by atoms with E-state index in [9.17, 15) is 0 Å². The quantitative estimate of drug-likeness (QED) is 0.622. The molecule has 0 saturated carbocycles. The van der Waals surface area contributed by atoms with Gasteiger partial charge in [-0.15, -0.1) is 0 Å². The number of hydrogen-bond donors (Lipinski definition) is 2. The molecule has 1 heterocycles. The molecule has 3 N–H and O–H groups in total. The van der Waals surface area contributed by atoms with Crippen LogP contribution < -0.4 is 11.3 Å². The third kappa shape index (κ3) is 3.09. The van der Waals surface area contributed by atoms with Crippen molar-refractivity contribution in [2.75, 3.05) is 26.2 Å². The minimum atomic E-state index is 0.0555. The van der Waals surface area contributed by atoms with E-state index in [2.05, 4.69) is 48.4 Å². The van der Waals surface area contributed by atoms with Gasteiger partial charge in [0, 0.05) is 13.1 Å². The Morgan fingerprint density at radius 2 is 2.17 bits per heavy atom. The Kier molecular flexibility index (Phi) is 4.72. The van der Waals surface area contributed by atoms with Gasteiger partial charge < -0.3 is 4.74 Å². The molecule has 2 unspecified atom stereocenters. The van der Waals surface area contributed by atoms with Crippen molar-refractivity contribution >= 4 is 0 Å². The van der Waals surface area contributed by atoms with Gasteiger partial charge in [-0.3, -0.25) is 16.2 Å². The number of morpholine rings is 1. The zero-order chi connectivity index (χ0) is 13.0. The van der Waals surface area contributed by atoms with Gasteiger partial charge in [0.2, 0.25) is 0 Å². The maximum absolute atomic E-state index is 5.86. The first-order valence-electron chi connectivity index (χ1n) is 6.61. The van der Waals surface area contributed by atoms with Crippen molar-refractivity contribution in [2.24, 2.45) is 5.84 Å². The van der Waals surface area contributed by atoms with Gasteiger partial charge in [0.1, 0.15) is 0 Å². The van der Waals surface area contributed by atoms with E-state index in [4.69, 9.17) is 10.6 Å². The number of benzene rings is 1. The van der Waals surface area contributed by atoms with Gasteiger partial charge in [-0.05, 0) is 19.0 Å². The Balaban J connectivity index is 2.10. The lowest BCUT2D eigenvalue weighted by Gasteiger charge is -2.36. The van der Waals surface area contributed by atoms with Crippen molar-refractivity contribution in [3.63, 3.8) is 0 Å². The summed E-state index contributed by atoms with van der Waals surface area (Å²) in [6.07, 6.45) is 0.117. The molecule has 1 fully saturated rings. The molecule has 1 aliphatic heterocycles. The molecule has 100 valence electrons. The summed E-state index contributed by atoms with van der Waals surface area (Å²) >= 11 is 0. The maximum Gasteiger partial charge on any atom is 0.0909 e. The smallest absolute Gasteiger partial charge is 0.0909 e. The lowest BCUT2D eigenvalue weighted by molar-refractivity contribution is -0.0456. The second-order valence-corrected chi connectivity index (χ2v) is 4.86. The highest BCUT2D eigenvalue weighted by Gasteiger charge is 2.27. The molecule has 1 aliphatic rings. The Morgan fingerprint density at radius 3 is 2.78 bits per heavy atom. The van der Waals surface area contributed by atoms with Crippen LogP contribution in [0.2, 0.25) is 0 Å². The second kappa shape index (κ2) is 6.29. The predicted octanol–water partition coefficient (Wildman–Crippen LogP) is 1.22. The monoisotopic (exact) mass is 249 g/mol. The summed E-state index contributed by atoms with van der Waals surface area (Å²) in [5.41, 5.74) is 5.35. The summed E-state index contributed by atoms with van der Waals surface area (Å²) in [5, 5.41) is 0. The van der Waals surface area contributed by atoms with Gasteiger partial charge in [-0.25, -0.2) is 0 Å². The van der Waals surface area contributed by atoms with Crippen molar-refractivity contribution in [2.45, 2.75) is 26.0 Å². The molecular weight excluding hydrogens is 226 g/mol. The summed E-state index contributed by atoms with van der Waals surface area (Å²) < 4.78 is 5.86. The van der Waals surface area contributed by atoms with Crippen LogP contribution in [0, 0.1) is 6.92 Å².